The lowest BCUT2D eigenvalue weighted by Gasteiger charge is -2.38. The van der Waals surface area contributed by atoms with Crippen molar-refractivity contribution in [3.8, 4) is 0 Å². The highest BCUT2D eigenvalue weighted by molar-refractivity contribution is 5.02. The van der Waals surface area contributed by atoms with Gasteiger partial charge in [-0.2, -0.15) is 5.10 Å². The number of nitrogens with zero attached hydrogens (tertiary/aromatic N) is 3. The number of aromatic nitrogens is 2. The van der Waals surface area contributed by atoms with Gasteiger partial charge in [0, 0.05) is 31.4 Å². The van der Waals surface area contributed by atoms with Crippen LogP contribution in [0.25, 0.3) is 0 Å². The summed E-state index contributed by atoms with van der Waals surface area (Å²) >= 11 is 0. The molecule has 2 rings (SSSR count). The average Bonchev–Trinajstić information content (AvgIpc) is 2.78. The summed E-state index contributed by atoms with van der Waals surface area (Å²) in [5.41, 5.74) is 7.44. The van der Waals surface area contributed by atoms with Crippen LogP contribution in [-0.4, -0.2) is 33.3 Å². The Hall–Kier alpha value is -0.870. The van der Waals surface area contributed by atoms with Crippen LogP contribution >= 0.6 is 0 Å². The van der Waals surface area contributed by atoms with Gasteiger partial charge >= 0.3 is 0 Å². The van der Waals surface area contributed by atoms with Gasteiger partial charge in [-0.25, -0.2) is 0 Å². The number of rotatable bonds is 5. The van der Waals surface area contributed by atoms with Crippen molar-refractivity contribution in [3.05, 3.63) is 18.0 Å². The van der Waals surface area contributed by atoms with Crippen molar-refractivity contribution in [3.63, 3.8) is 0 Å². The van der Waals surface area contributed by atoms with Gasteiger partial charge in [-0.15, -0.1) is 0 Å². The van der Waals surface area contributed by atoms with E-state index in [1.165, 1.54) is 31.5 Å². The zero-order valence-electron chi connectivity index (χ0n) is 11.7. The number of aryl methyl sites for hydroxylation is 1. The van der Waals surface area contributed by atoms with Gasteiger partial charge in [0.05, 0.1) is 5.69 Å². The van der Waals surface area contributed by atoms with Crippen LogP contribution in [0.2, 0.25) is 0 Å². The molecule has 2 atom stereocenters. The molecule has 0 aliphatic carbocycles. The molecule has 0 spiro atoms. The maximum absolute atomic E-state index is 6.12. The van der Waals surface area contributed by atoms with E-state index in [1.807, 2.05) is 6.20 Å². The molecule has 18 heavy (non-hydrogen) atoms. The van der Waals surface area contributed by atoms with Crippen LogP contribution in [0.5, 0.6) is 0 Å². The number of piperidine rings is 1. The van der Waals surface area contributed by atoms with E-state index in [-0.39, 0.29) is 6.04 Å². The molecule has 1 saturated heterocycles. The molecule has 0 saturated carbocycles. The smallest absolute Gasteiger partial charge is 0.0524 e. The number of likely N-dealkylation sites (tertiary alicyclic amines) is 1. The van der Waals surface area contributed by atoms with Gasteiger partial charge in [-0.3, -0.25) is 9.58 Å². The fourth-order valence-corrected chi connectivity index (χ4v) is 2.92. The van der Waals surface area contributed by atoms with Crippen molar-refractivity contribution in [1.82, 2.24) is 14.7 Å². The highest BCUT2D eigenvalue weighted by Crippen LogP contribution is 2.21. The molecule has 0 aromatic carbocycles. The van der Waals surface area contributed by atoms with Crippen molar-refractivity contribution in [2.24, 2.45) is 5.73 Å². The van der Waals surface area contributed by atoms with Crippen molar-refractivity contribution in [2.75, 3.05) is 6.54 Å². The molecule has 2 unspecified atom stereocenters. The predicted octanol–water partition coefficient (Wildman–Crippen LogP) is 1.99. The molecule has 2 N–H and O–H groups in total. The minimum Gasteiger partial charge on any atom is -0.327 e. The minimum absolute atomic E-state index is 0.257. The SMILES string of the molecule is CCCn1nccc1CN1CCCCC1C(C)N. The summed E-state index contributed by atoms with van der Waals surface area (Å²) in [7, 11) is 0. The Labute approximate surface area is 110 Å². The molecule has 1 aliphatic rings. The van der Waals surface area contributed by atoms with Gasteiger partial charge in [0.15, 0.2) is 0 Å². The van der Waals surface area contributed by atoms with Crippen LogP contribution in [0, 0.1) is 0 Å². The second-order valence-electron chi connectivity index (χ2n) is 5.44. The summed E-state index contributed by atoms with van der Waals surface area (Å²) in [5, 5.41) is 4.40. The van der Waals surface area contributed by atoms with E-state index < -0.39 is 0 Å². The maximum atomic E-state index is 6.12. The van der Waals surface area contributed by atoms with Gasteiger partial charge in [0.1, 0.15) is 0 Å². The zero-order valence-corrected chi connectivity index (χ0v) is 11.7. The molecule has 0 radical (unpaired) electrons. The van der Waals surface area contributed by atoms with Crippen LogP contribution in [-0.2, 0) is 13.1 Å². The summed E-state index contributed by atoms with van der Waals surface area (Å²) in [6.45, 7) is 7.50. The molecule has 1 aromatic rings. The molecule has 1 aliphatic heterocycles. The number of nitrogens with two attached hydrogens (primary N) is 1. The highest BCUT2D eigenvalue weighted by atomic mass is 15.3. The Balaban J connectivity index is 2.04. The second kappa shape index (κ2) is 6.34. The summed E-state index contributed by atoms with van der Waals surface area (Å²) in [6.07, 6.45) is 6.89. The quantitative estimate of drug-likeness (QED) is 0.869. The third-order valence-electron chi connectivity index (χ3n) is 3.88. The molecule has 1 fully saturated rings. The molecule has 4 heteroatoms. The molecule has 2 heterocycles. The van der Waals surface area contributed by atoms with Gasteiger partial charge in [0.2, 0.25) is 0 Å². The van der Waals surface area contributed by atoms with E-state index in [0.29, 0.717) is 6.04 Å². The topological polar surface area (TPSA) is 47.1 Å². The molecule has 1 aromatic heterocycles. The zero-order chi connectivity index (χ0) is 13.0. The minimum atomic E-state index is 0.257. The van der Waals surface area contributed by atoms with E-state index in [4.69, 9.17) is 5.73 Å². The van der Waals surface area contributed by atoms with E-state index >= 15 is 0 Å². The largest absolute Gasteiger partial charge is 0.327 e. The first-order chi connectivity index (χ1) is 8.72. The van der Waals surface area contributed by atoms with Crippen LogP contribution in [0.1, 0.15) is 45.2 Å². The molecule has 102 valence electrons. The number of hydrogen-bond donors (Lipinski definition) is 1. The van der Waals surface area contributed by atoms with Gasteiger partial charge < -0.3 is 5.73 Å². The fraction of sp³-hybridized carbons (Fsp3) is 0.786. The van der Waals surface area contributed by atoms with E-state index in [9.17, 15) is 0 Å². The predicted molar refractivity (Wildman–Crippen MR) is 74.2 cm³/mol. The Morgan fingerprint density at radius 3 is 3.06 bits per heavy atom. The normalized spacial score (nSPS) is 23.2. The molecule has 4 nitrogen and oxygen atoms in total. The van der Waals surface area contributed by atoms with Gasteiger partial charge in [-0.05, 0) is 38.8 Å². The lowest BCUT2D eigenvalue weighted by Crippen LogP contribution is -2.48. The van der Waals surface area contributed by atoms with Gasteiger partial charge in [0.25, 0.3) is 0 Å². The lowest BCUT2D eigenvalue weighted by molar-refractivity contribution is 0.119. The monoisotopic (exact) mass is 250 g/mol. The van der Waals surface area contributed by atoms with E-state index in [1.54, 1.807) is 0 Å². The summed E-state index contributed by atoms with van der Waals surface area (Å²) < 4.78 is 2.13. The number of hydrogen-bond acceptors (Lipinski definition) is 3. The lowest BCUT2D eigenvalue weighted by atomic mass is 9.97. The Morgan fingerprint density at radius 1 is 1.50 bits per heavy atom. The maximum Gasteiger partial charge on any atom is 0.0524 e. The van der Waals surface area contributed by atoms with Crippen LogP contribution in [0.15, 0.2) is 12.3 Å². The second-order valence-corrected chi connectivity index (χ2v) is 5.44. The molecule has 0 amide bonds. The third-order valence-corrected chi connectivity index (χ3v) is 3.88. The fourth-order valence-electron chi connectivity index (χ4n) is 2.92. The highest BCUT2D eigenvalue weighted by Gasteiger charge is 2.25. The molecular weight excluding hydrogens is 224 g/mol. The van der Waals surface area contributed by atoms with Crippen molar-refractivity contribution >= 4 is 0 Å². The Kier molecular flexibility index (Phi) is 4.78. The first kappa shape index (κ1) is 13.6. The third kappa shape index (κ3) is 3.12. The van der Waals surface area contributed by atoms with Crippen LogP contribution in [0.3, 0.4) is 0 Å². The van der Waals surface area contributed by atoms with Crippen molar-refractivity contribution in [1.29, 1.82) is 0 Å². The molecular formula is C14H26N4. The van der Waals surface area contributed by atoms with E-state index in [0.717, 1.165) is 19.5 Å². The van der Waals surface area contributed by atoms with Crippen LogP contribution in [0.4, 0.5) is 0 Å². The first-order valence-electron chi connectivity index (χ1n) is 7.22. The standard InChI is InChI=1S/C14H26N4/c1-3-9-18-13(7-8-16-18)11-17-10-5-4-6-14(17)12(2)15/h7-8,12,14H,3-6,9-11,15H2,1-2H3. The summed E-state index contributed by atoms with van der Waals surface area (Å²) in [5.74, 6) is 0. The summed E-state index contributed by atoms with van der Waals surface area (Å²) in [6, 6.07) is 2.93. The molecule has 0 bridgehead atoms. The van der Waals surface area contributed by atoms with E-state index in [2.05, 4.69) is 34.6 Å². The Morgan fingerprint density at radius 2 is 2.33 bits per heavy atom. The summed E-state index contributed by atoms with van der Waals surface area (Å²) in [4.78, 5) is 2.54. The first-order valence-corrected chi connectivity index (χ1v) is 7.22. The Bertz CT molecular complexity index is 358. The van der Waals surface area contributed by atoms with Crippen LogP contribution < -0.4 is 5.73 Å². The van der Waals surface area contributed by atoms with Crippen molar-refractivity contribution < 1.29 is 0 Å². The van der Waals surface area contributed by atoms with Crippen molar-refractivity contribution in [2.45, 2.75) is 64.7 Å². The van der Waals surface area contributed by atoms with Gasteiger partial charge in [-0.1, -0.05) is 13.3 Å². The average molecular weight is 250 g/mol.